The largest absolute Gasteiger partial charge is 0.510 e. The van der Waals surface area contributed by atoms with Crippen LogP contribution >= 0.6 is 0 Å². The van der Waals surface area contributed by atoms with Crippen LogP contribution in [0.3, 0.4) is 0 Å². The number of piperidine rings is 1. The summed E-state index contributed by atoms with van der Waals surface area (Å²) in [6.07, 6.45) is 8.96. The molecule has 234 valence electrons. The number of benzene rings is 1. The second-order valence-corrected chi connectivity index (χ2v) is 12.2. The first-order chi connectivity index (χ1) is 22.1. The maximum Gasteiger partial charge on any atom is 0.260 e. The Kier molecular flexibility index (Phi) is 6.82. The minimum absolute atomic E-state index is 0.00853. The normalized spacial score (nSPS) is 19.8. The van der Waals surface area contributed by atoms with Crippen molar-refractivity contribution >= 4 is 34.1 Å². The minimum atomic E-state index is -1.93. The Bertz CT molecular complexity index is 2520. The van der Waals surface area contributed by atoms with E-state index in [-0.39, 0.29) is 35.4 Å². The van der Waals surface area contributed by atoms with E-state index in [9.17, 15) is 39.3 Å². The molecule has 11 heteroatoms. The number of aliphatic hydroxyl groups excluding tert-OH is 2. The maximum atomic E-state index is 14.0. The molecule has 1 fully saturated rings. The first-order valence-electron chi connectivity index (χ1n) is 15.3. The molecule has 1 spiro atoms. The highest BCUT2D eigenvalue weighted by Gasteiger charge is 2.53. The van der Waals surface area contributed by atoms with E-state index in [2.05, 4.69) is 15.6 Å². The second kappa shape index (κ2) is 10.7. The van der Waals surface area contributed by atoms with Gasteiger partial charge in [0, 0.05) is 23.9 Å². The van der Waals surface area contributed by atoms with Crippen molar-refractivity contribution in [2.45, 2.75) is 38.0 Å². The molecule has 1 aliphatic heterocycles. The second-order valence-electron chi connectivity index (χ2n) is 12.2. The molecule has 6 N–H and O–H groups in total. The zero-order chi connectivity index (χ0) is 32.5. The van der Waals surface area contributed by atoms with Gasteiger partial charge in [-0.05, 0) is 74.7 Å². The number of fused-ring (bicyclic) bond motifs is 4. The molecular formula is C35H31N3O8. The monoisotopic (exact) mass is 621 g/mol. The summed E-state index contributed by atoms with van der Waals surface area (Å²) >= 11 is 0. The van der Waals surface area contributed by atoms with Crippen LogP contribution < -0.4 is 48.3 Å². The van der Waals surface area contributed by atoms with Crippen molar-refractivity contribution in [3.05, 3.63) is 125 Å². The van der Waals surface area contributed by atoms with Gasteiger partial charge < -0.3 is 30.9 Å². The lowest BCUT2D eigenvalue weighted by Crippen LogP contribution is -2.52. The number of allylic oxidation sites excluding steroid dienone is 3. The van der Waals surface area contributed by atoms with Crippen LogP contribution in [-0.2, 0) is 11.8 Å². The number of rotatable bonds is 5. The van der Waals surface area contributed by atoms with Crippen LogP contribution in [0.1, 0.15) is 43.0 Å². The van der Waals surface area contributed by atoms with Crippen LogP contribution in [0.2, 0.25) is 0 Å². The molecule has 0 bridgehead atoms. The van der Waals surface area contributed by atoms with Crippen LogP contribution in [-0.4, -0.2) is 39.9 Å². The van der Waals surface area contributed by atoms with E-state index >= 15 is 0 Å². The van der Waals surface area contributed by atoms with Crippen LogP contribution in [0.4, 0.5) is 5.69 Å². The average molecular weight is 622 g/mol. The molecule has 11 nitrogen and oxygen atoms in total. The van der Waals surface area contributed by atoms with E-state index in [0.29, 0.717) is 23.2 Å². The summed E-state index contributed by atoms with van der Waals surface area (Å²) in [7, 11) is 0. The third kappa shape index (κ3) is 4.04. The molecule has 2 aromatic rings. The van der Waals surface area contributed by atoms with Gasteiger partial charge in [-0.25, -0.2) is 0 Å². The molecule has 1 aromatic carbocycles. The van der Waals surface area contributed by atoms with Gasteiger partial charge in [0.25, 0.3) is 5.56 Å². The molecule has 7 rings (SSSR count). The fraction of sp³-hybridized carbons (Fsp3) is 0.286. The maximum absolute atomic E-state index is 14.0. The summed E-state index contributed by atoms with van der Waals surface area (Å²) in [5.74, 6) is -1.68. The van der Waals surface area contributed by atoms with Gasteiger partial charge in [0.1, 0.15) is 22.7 Å². The number of aliphatic hydroxyl groups is 2. The van der Waals surface area contributed by atoms with Gasteiger partial charge >= 0.3 is 0 Å². The summed E-state index contributed by atoms with van der Waals surface area (Å²) in [4.78, 5) is 70.5. The molecule has 0 radical (unpaired) electrons. The van der Waals surface area contributed by atoms with Crippen LogP contribution in [0.15, 0.2) is 60.4 Å². The molecule has 5 aliphatic rings. The third-order valence-corrected chi connectivity index (χ3v) is 9.71. The fourth-order valence-corrected chi connectivity index (χ4v) is 7.47. The highest BCUT2D eigenvalue weighted by Crippen LogP contribution is 2.54. The number of hydrogen-bond acceptors (Lipinski definition) is 10. The number of aromatic amines is 1. The number of phenolic OH excluding ortho intramolecular Hbond substituents is 1. The highest BCUT2D eigenvalue weighted by atomic mass is 16.3. The molecular weight excluding hydrogens is 590 g/mol. The molecule has 1 saturated heterocycles. The Morgan fingerprint density at radius 1 is 0.891 bits per heavy atom. The van der Waals surface area contributed by atoms with Crippen LogP contribution in [0.5, 0.6) is 5.75 Å². The minimum Gasteiger partial charge on any atom is -0.510 e. The fourth-order valence-electron chi connectivity index (χ4n) is 7.47. The molecule has 0 amide bonds. The molecule has 0 saturated carbocycles. The Hall–Kier alpha value is -5.29. The first kappa shape index (κ1) is 29.4. The van der Waals surface area contributed by atoms with Crippen LogP contribution in [0, 0.1) is 16.4 Å². The van der Waals surface area contributed by atoms with E-state index < -0.39 is 70.8 Å². The standard InChI is InChI=1S/C35H31N3O8/c1-2-3-4-5-19-13-18-12-17-6-9-35(27(17)31(43)22(18)34(46)38-19)32(44)25-26(33(35)45)30(42)24-23(29(25)41)21(39)14-20(28(24)40)37-15-16-7-10-36-11-8-16/h2-5,12-14,16,36-37,43-45H,6-11,15H2,1H3,(H,38,46)/t35-/m0/s1. The van der Waals surface area contributed by atoms with Crippen molar-refractivity contribution in [1.29, 1.82) is 0 Å². The number of aromatic nitrogens is 1. The Morgan fingerprint density at radius 3 is 2.28 bits per heavy atom. The predicted molar refractivity (Wildman–Crippen MR) is 175 cm³/mol. The Balaban J connectivity index is 1.46. The summed E-state index contributed by atoms with van der Waals surface area (Å²) in [6.45, 7) is 3.90. The number of anilines is 1. The van der Waals surface area contributed by atoms with Gasteiger partial charge in [-0.1, -0.05) is 24.3 Å². The van der Waals surface area contributed by atoms with Gasteiger partial charge in [0.05, 0.1) is 31.9 Å². The highest BCUT2D eigenvalue weighted by molar-refractivity contribution is 5.94. The summed E-state index contributed by atoms with van der Waals surface area (Å²) in [6, 6.07) is 4.35. The number of aromatic hydroxyl groups is 1. The Labute approximate surface area is 259 Å². The van der Waals surface area contributed by atoms with Gasteiger partial charge in [-0.2, -0.15) is 0 Å². The number of H-pyrrole nitrogens is 1. The number of nitrogens with one attached hydrogen (secondary N) is 3. The molecule has 0 unspecified atom stereocenters. The molecule has 2 heterocycles. The smallest absolute Gasteiger partial charge is 0.260 e. The van der Waals surface area contributed by atoms with Crippen molar-refractivity contribution in [2.24, 2.45) is 5.92 Å². The molecule has 46 heavy (non-hydrogen) atoms. The van der Waals surface area contributed by atoms with Crippen molar-refractivity contribution in [2.75, 3.05) is 25.0 Å². The lowest BCUT2D eigenvalue weighted by molar-refractivity contribution is 0.362. The molecule has 1 atom stereocenters. The number of pyridine rings is 1. The first-order valence-corrected chi connectivity index (χ1v) is 15.3. The van der Waals surface area contributed by atoms with Gasteiger partial charge in [0.2, 0.25) is 16.3 Å². The zero-order valence-corrected chi connectivity index (χ0v) is 25.0. The van der Waals surface area contributed by atoms with Crippen molar-refractivity contribution in [1.82, 2.24) is 10.3 Å². The van der Waals surface area contributed by atoms with E-state index in [1.165, 1.54) is 0 Å². The van der Waals surface area contributed by atoms with Gasteiger partial charge in [-0.3, -0.25) is 24.0 Å². The van der Waals surface area contributed by atoms with E-state index in [0.717, 1.165) is 32.0 Å². The molecule has 4 aliphatic carbocycles. The third-order valence-electron chi connectivity index (χ3n) is 9.71. The SMILES string of the molecule is CC=CC=Cc1cc2cc3c(c(O)c2c(=O)[nH]1)[C@@]1(CC3)C(O)=c2c(=O)c3c(=O)cc(NCC4CCNCC4)c(=O)c=3c(=O)c2=C1O. The van der Waals surface area contributed by atoms with Crippen molar-refractivity contribution in [3.63, 3.8) is 0 Å². The number of phenols is 1. The van der Waals surface area contributed by atoms with Crippen molar-refractivity contribution in [3.8, 4) is 5.75 Å². The van der Waals surface area contributed by atoms with Gasteiger partial charge in [-0.15, -0.1) is 0 Å². The Morgan fingerprint density at radius 2 is 1.59 bits per heavy atom. The predicted octanol–water partition coefficient (Wildman–Crippen LogP) is 0.506. The quantitative estimate of drug-likeness (QED) is 0.172. The zero-order valence-electron chi connectivity index (χ0n) is 25.0. The number of hydrogen-bond donors (Lipinski definition) is 6. The van der Waals surface area contributed by atoms with E-state index in [1.807, 2.05) is 13.0 Å². The lowest BCUT2D eigenvalue weighted by Gasteiger charge is -2.27. The average Bonchev–Trinajstić information content (AvgIpc) is 3.53. The summed E-state index contributed by atoms with van der Waals surface area (Å²) in [5, 5.41) is 39.0. The summed E-state index contributed by atoms with van der Waals surface area (Å²) in [5.41, 5.74) is -5.48. The van der Waals surface area contributed by atoms with E-state index in [1.54, 1.807) is 30.4 Å². The van der Waals surface area contributed by atoms with Gasteiger partial charge in [0.15, 0.2) is 5.43 Å². The number of aryl methyl sites for hydroxylation is 1. The van der Waals surface area contributed by atoms with Crippen LogP contribution in [0.25, 0.3) is 28.4 Å². The summed E-state index contributed by atoms with van der Waals surface area (Å²) < 4.78 is 0. The topological polar surface area (TPSA) is 186 Å². The van der Waals surface area contributed by atoms with Crippen molar-refractivity contribution < 1.29 is 15.3 Å². The molecule has 1 aromatic heterocycles. The van der Waals surface area contributed by atoms with E-state index in [4.69, 9.17) is 0 Å². The lowest BCUT2D eigenvalue weighted by atomic mass is 9.78.